The molecular formula is C7H14ClN3O4. The molecular weight excluding hydrogens is 226 g/mol. The van der Waals surface area contributed by atoms with Crippen LogP contribution in [0.3, 0.4) is 0 Å². The van der Waals surface area contributed by atoms with E-state index in [4.69, 9.17) is 0 Å². The molecule has 15 heavy (non-hydrogen) atoms. The van der Waals surface area contributed by atoms with Crippen LogP contribution in [0.5, 0.6) is 0 Å². The van der Waals surface area contributed by atoms with Crippen LogP contribution in [-0.4, -0.2) is 39.0 Å². The Morgan fingerprint density at radius 1 is 1.13 bits per heavy atom. The van der Waals surface area contributed by atoms with Crippen LogP contribution in [0.2, 0.25) is 0 Å². The highest BCUT2D eigenvalue weighted by Crippen LogP contribution is 2.31. The Morgan fingerprint density at radius 3 is 1.67 bits per heavy atom. The number of hydrogen-bond donors (Lipinski definition) is 0. The second-order valence-electron chi connectivity index (χ2n) is 4.52. The van der Waals surface area contributed by atoms with Crippen LogP contribution in [-0.2, 0) is 0 Å². The molecule has 0 aromatic rings. The summed E-state index contributed by atoms with van der Waals surface area (Å²) in [7, 11) is 0. The number of nitrogens with zero attached hydrogens (tertiary/aromatic N) is 3. The Balaban J connectivity index is 0.00000196. The Kier molecular flexibility index (Phi) is 3.65. The Bertz CT molecular complexity index is 266. The van der Waals surface area contributed by atoms with Gasteiger partial charge in [0, 0.05) is 5.54 Å². The summed E-state index contributed by atoms with van der Waals surface area (Å²) in [4.78, 5) is 21.2. The van der Waals surface area contributed by atoms with E-state index in [1.807, 2.05) is 20.8 Å². The number of nitro groups is 2. The van der Waals surface area contributed by atoms with Crippen molar-refractivity contribution in [1.29, 1.82) is 0 Å². The molecule has 1 rings (SSSR count). The molecule has 8 heteroatoms. The minimum absolute atomic E-state index is 0. The van der Waals surface area contributed by atoms with Crippen molar-refractivity contribution in [3.8, 4) is 0 Å². The van der Waals surface area contributed by atoms with E-state index in [9.17, 15) is 20.2 Å². The summed E-state index contributed by atoms with van der Waals surface area (Å²) >= 11 is 0. The fourth-order valence-electron chi connectivity index (χ4n) is 1.34. The van der Waals surface area contributed by atoms with Crippen LogP contribution in [0.1, 0.15) is 20.8 Å². The molecule has 88 valence electrons. The van der Waals surface area contributed by atoms with Gasteiger partial charge in [0.1, 0.15) is 22.9 Å². The van der Waals surface area contributed by atoms with Crippen molar-refractivity contribution in [2.24, 2.45) is 0 Å². The van der Waals surface area contributed by atoms with Gasteiger partial charge in [-0.3, -0.25) is 25.1 Å². The minimum Gasteiger partial charge on any atom is -0.272 e. The molecule has 0 saturated carbocycles. The maximum Gasteiger partial charge on any atom is 0.482 e. The normalized spacial score (nSPS) is 19.9. The molecule has 0 radical (unpaired) electrons. The highest BCUT2D eigenvalue weighted by Gasteiger charge is 2.67. The summed E-state index contributed by atoms with van der Waals surface area (Å²) in [5, 5.41) is 21.1. The van der Waals surface area contributed by atoms with Gasteiger partial charge in [0.05, 0.1) is 0 Å². The molecule has 1 aliphatic heterocycles. The van der Waals surface area contributed by atoms with E-state index in [1.165, 1.54) is 0 Å². The summed E-state index contributed by atoms with van der Waals surface area (Å²) in [5.74, 6) is 0. The highest BCUT2D eigenvalue weighted by atomic mass is 35.5. The minimum atomic E-state index is -1.98. The molecule has 0 aromatic heterocycles. The third-order valence-electron chi connectivity index (χ3n) is 2.52. The molecule has 7 nitrogen and oxygen atoms in total. The summed E-state index contributed by atoms with van der Waals surface area (Å²) in [6, 6.07) is 0. The van der Waals surface area contributed by atoms with Crippen molar-refractivity contribution in [3.05, 3.63) is 20.2 Å². The fourth-order valence-corrected chi connectivity index (χ4v) is 1.34. The van der Waals surface area contributed by atoms with Crippen molar-refractivity contribution in [1.82, 2.24) is 4.90 Å². The van der Waals surface area contributed by atoms with Gasteiger partial charge < -0.3 is 0 Å². The smallest absolute Gasteiger partial charge is 0.272 e. The third-order valence-corrected chi connectivity index (χ3v) is 2.52. The number of rotatable bonds is 2. The zero-order valence-corrected chi connectivity index (χ0v) is 9.61. The molecule has 1 aliphatic rings. The number of hydrogen-bond acceptors (Lipinski definition) is 5. The van der Waals surface area contributed by atoms with E-state index in [1.54, 1.807) is 4.90 Å². The van der Waals surface area contributed by atoms with Crippen molar-refractivity contribution in [2.75, 3.05) is 13.1 Å². The van der Waals surface area contributed by atoms with Gasteiger partial charge in [0.25, 0.3) is 0 Å². The van der Waals surface area contributed by atoms with Crippen molar-refractivity contribution < 1.29 is 9.85 Å². The lowest BCUT2D eigenvalue weighted by Crippen LogP contribution is -2.73. The molecule has 0 aromatic carbocycles. The van der Waals surface area contributed by atoms with E-state index in [-0.39, 0.29) is 31.0 Å². The summed E-state index contributed by atoms with van der Waals surface area (Å²) in [6.45, 7) is 5.39. The van der Waals surface area contributed by atoms with Crippen LogP contribution >= 0.6 is 12.4 Å². The summed E-state index contributed by atoms with van der Waals surface area (Å²) in [5.41, 5.74) is -2.23. The van der Waals surface area contributed by atoms with Gasteiger partial charge in [-0.15, -0.1) is 12.4 Å². The first kappa shape index (κ1) is 14.1. The monoisotopic (exact) mass is 239 g/mol. The average Bonchev–Trinajstić information content (AvgIpc) is 1.77. The van der Waals surface area contributed by atoms with Crippen molar-refractivity contribution >= 4 is 12.4 Å². The highest BCUT2D eigenvalue weighted by molar-refractivity contribution is 5.85. The van der Waals surface area contributed by atoms with Gasteiger partial charge in [-0.05, 0) is 20.8 Å². The van der Waals surface area contributed by atoms with Gasteiger partial charge in [0.15, 0.2) is 0 Å². The van der Waals surface area contributed by atoms with Gasteiger partial charge >= 0.3 is 5.66 Å². The average molecular weight is 240 g/mol. The first-order chi connectivity index (χ1) is 6.20. The van der Waals surface area contributed by atoms with Gasteiger partial charge in [-0.2, -0.15) is 0 Å². The zero-order valence-electron chi connectivity index (χ0n) is 8.80. The van der Waals surface area contributed by atoms with Crippen molar-refractivity contribution in [2.45, 2.75) is 32.0 Å². The molecule has 0 amide bonds. The van der Waals surface area contributed by atoms with Crippen LogP contribution in [0.4, 0.5) is 0 Å². The Labute approximate surface area is 93.1 Å². The van der Waals surface area contributed by atoms with Gasteiger partial charge in [-0.25, -0.2) is 0 Å². The summed E-state index contributed by atoms with van der Waals surface area (Å²) in [6.07, 6.45) is 0. The molecule has 0 atom stereocenters. The number of likely N-dealkylation sites (tertiary alicyclic amines) is 1. The lowest BCUT2D eigenvalue weighted by molar-refractivity contribution is -0.812. The van der Waals surface area contributed by atoms with Crippen molar-refractivity contribution in [3.63, 3.8) is 0 Å². The van der Waals surface area contributed by atoms with Crippen LogP contribution < -0.4 is 0 Å². The largest absolute Gasteiger partial charge is 0.482 e. The standard InChI is InChI=1S/C7H13N3O4.ClH/c1-6(2,3)8-4-7(5-8,9(11)12)10(13)14;/h4-5H2,1-3H3;1H. The predicted molar refractivity (Wildman–Crippen MR) is 55.3 cm³/mol. The first-order valence-electron chi connectivity index (χ1n) is 4.24. The molecule has 0 aliphatic carbocycles. The van der Waals surface area contributed by atoms with E-state index in [0.29, 0.717) is 0 Å². The molecule has 1 fully saturated rings. The second kappa shape index (κ2) is 3.90. The fraction of sp³-hybridized carbons (Fsp3) is 1.00. The first-order valence-corrected chi connectivity index (χ1v) is 4.24. The zero-order chi connectivity index (χ0) is 11.1. The van der Waals surface area contributed by atoms with E-state index >= 15 is 0 Å². The molecule has 0 N–H and O–H groups in total. The predicted octanol–water partition coefficient (Wildman–Crippen LogP) is 0.772. The van der Waals surface area contributed by atoms with Gasteiger partial charge in [0.2, 0.25) is 0 Å². The Morgan fingerprint density at radius 2 is 1.47 bits per heavy atom. The maximum absolute atomic E-state index is 10.6. The molecule has 0 bridgehead atoms. The van der Waals surface area contributed by atoms with E-state index < -0.39 is 15.5 Å². The molecule has 1 saturated heterocycles. The summed E-state index contributed by atoms with van der Waals surface area (Å²) < 4.78 is 0. The Hall–Kier alpha value is -0.950. The van der Waals surface area contributed by atoms with E-state index in [0.717, 1.165) is 0 Å². The van der Waals surface area contributed by atoms with Crippen LogP contribution in [0.25, 0.3) is 0 Å². The molecule has 0 unspecified atom stereocenters. The quantitative estimate of drug-likeness (QED) is 0.403. The third kappa shape index (κ3) is 2.18. The number of halogens is 1. The molecule has 1 heterocycles. The SMILES string of the molecule is CC(C)(C)N1CC([N+](=O)[O-])([N+](=O)[O-])C1.Cl. The maximum atomic E-state index is 10.6. The second-order valence-corrected chi connectivity index (χ2v) is 4.52. The van der Waals surface area contributed by atoms with Crippen LogP contribution in [0.15, 0.2) is 0 Å². The topological polar surface area (TPSA) is 89.5 Å². The van der Waals surface area contributed by atoms with Crippen LogP contribution in [0, 0.1) is 20.2 Å². The van der Waals surface area contributed by atoms with Gasteiger partial charge in [-0.1, -0.05) is 0 Å². The lowest BCUT2D eigenvalue weighted by Gasteiger charge is -2.44. The lowest BCUT2D eigenvalue weighted by atomic mass is 9.93. The van der Waals surface area contributed by atoms with E-state index in [2.05, 4.69) is 0 Å². The molecule has 0 spiro atoms.